The Balaban J connectivity index is 2.57. The van der Waals surface area contributed by atoms with Crippen molar-refractivity contribution in [1.82, 2.24) is 0 Å². The second-order valence-electron chi connectivity index (χ2n) is 6.11. The van der Waals surface area contributed by atoms with E-state index in [2.05, 4.69) is 4.99 Å². The number of benzene rings is 1. The van der Waals surface area contributed by atoms with Crippen molar-refractivity contribution in [3.63, 3.8) is 0 Å². The summed E-state index contributed by atoms with van der Waals surface area (Å²) in [6, 6.07) is 2.97. The van der Waals surface area contributed by atoms with E-state index >= 15 is 0 Å². The highest BCUT2D eigenvalue weighted by Crippen LogP contribution is 2.35. The predicted molar refractivity (Wildman–Crippen MR) is 93.9 cm³/mol. The molecule has 0 aliphatic heterocycles. The number of aliphatic imine (C=N–C) groups is 1. The summed E-state index contributed by atoms with van der Waals surface area (Å²) in [5.41, 5.74) is 2.77. The first-order valence-electron chi connectivity index (χ1n) is 7.43. The average molecular weight is 351 g/mol. The molecule has 0 spiro atoms. The third-order valence-corrected chi connectivity index (χ3v) is 4.20. The fraction of sp³-hybridized carbons (Fsp3) is 0.333. The van der Waals surface area contributed by atoms with E-state index in [4.69, 9.17) is 23.2 Å². The highest BCUT2D eigenvalue weighted by atomic mass is 35.5. The van der Waals surface area contributed by atoms with Crippen molar-refractivity contribution in [3.05, 3.63) is 45.5 Å². The zero-order valence-corrected chi connectivity index (χ0v) is 15.0. The number of ketones is 1. The molecule has 0 fully saturated rings. The number of hydrogen-bond donors (Lipinski definition) is 0. The van der Waals surface area contributed by atoms with Crippen LogP contribution < -0.4 is 5.11 Å². The van der Waals surface area contributed by atoms with Gasteiger partial charge in [0.2, 0.25) is 0 Å². The molecule has 0 radical (unpaired) electrons. The van der Waals surface area contributed by atoms with Crippen LogP contribution in [0.5, 0.6) is 5.75 Å². The number of halogens is 2. The molecule has 0 atom stereocenters. The molecule has 5 heteroatoms. The summed E-state index contributed by atoms with van der Waals surface area (Å²) >= 11 is 11.8. The Morgan fingerprint density at radius 3 is 1.96 bits per heavy atom. The first kappa shape index (κ1) is 17.8. The van der Waals surface area contributed by atoms with Gasteiger partial charge < -0.3 is 5.11 Å². The number of carbonyl (C=O) groups excluding carboxylic acids is 1. The van der Waals surface area contributed by atoms with Gasteiger partial charge in [0.1, 0.15) is 0 Å². The van der Waals surface area contributed by atoms with Crippen LogP contribution in [0.15, 0.2) is 40.4 Å². The molecule has 2 rings (SSSR count). The maximum Gasteiger partial charge on any atom is 0.182 e. The number of allylic oxidation sites excluding steroid dienone is 4. The van der Waals surface area contributed by atoms with Gasteiger partial charge in [0, 0.05) is 15.6 Å². The Bertz CT molecular complexity index is 720. The van der Waals surface area contributed by atoms with E-state index in [-0.39, 0.29) is 27.7 Å². The summed E-state index contributed by atoms with van der Waals surface area (Å²) < 4.78 is 0. The fourth-order valence-electron chi connectivity index (χ4n) is 2.36. The van der Waals surface area contributed by atoms with Gasteiger partial charge in [-0.3, -0.25) is 4.79 Å². The molecule has 0 saturated carbocycles. The number of nitrogens with zero attached hydrogens (tertiary/aromatic N) is 1. The molecule has 3 nitrogen and oxygen atoms in total. The lowest BCUT2D eigenvalue weighted by Gasteiger charge is -2.20. The average Bonchev–Trinajstić information content (AvgIpc) is 2.45. The van der Waals surface area contributed by atoms with Crippen molar-refractivity contribution >= 4 is 40.4 Å². The predicted octanol–water partition coefficient (Wildman–Crippen LogP) is 4.89. The maximum absolute atomic E-state index is 12.2. The molecule has 0 saturated heterocycles. The molecule has 1 aliphatic rings. The van der Waals surface area contributed by atoms with E-state index in [0.717, 1.165) is 5.57 Å². The van der Waals surface area contributed by atoms with Crippen molar-refractivity contribution < 1.29 is 9.90 Å². The first-order chi connectivity index (χ1) is 10.7. The van der Waals surface area contributed by atoms with Gasteiger partial charge >= 0.3 is 0 Å². The minimum absolute atomic E-state index is 0.0219. The molecule has 0 N–H and O–H groups in total. The summed E-state index contributed by atoms with van der Waals surface area (Å²) in [5.74, 6) is -0.135. The summed E-state index contributed by atoms with van der Waals surface area (Å²) in [7, 11) is 0. The van der Waals surface area contributed by atoms with Crippen LogP contribution in [0.4, 0.5) is 5.69 Å². The van der Waals surface area contributed by atoms with Crippen LogP contribution in [0.3, 0.4) is 0 Å². The normalized spacial score (nSPS) is 17.0. The molecule has 122 valence electrons. The van der Waals surface area contributed by atoms with Crippen LogP contribution in [0.25, 0.3) is 0 Å². The van der Waals surface area contributed by atoms with Gasteiger partial charge in [-0.05, 0) is 41.7 Å². The highest BCUT2D eigenvalue weighted by molar-refractivity contribution is 6.37. The lowest BCUT2D eigenvalue weighted by atomic mass is 9.85. The number of rotatable bonds is 3. The Hall–Kier alpha value is -1.58. The smallest absolute Gasteiger partial charge is 0.182 e. The number of carbonyl (C=O) groups is 1. The third-order valence-electron chi connectivity index (χ3n) is 3.64. The van der Waals surface area contributed by atoms with Crippen molar-refractivity contribution in [2.75, 3.05) is 0 Å². The van der Waals surface area contributed by atoms with Crippen molar-refractivity contribution in [2.45, 2.75) is 27.7 Å². The standard InChI is InChI=1S/C18H19Cl2NO2/c1-9(2)12-8-17(22)13(10(3)4)7-16(12)21-11-5-14(19)18(23)15(20)6-11/h5-10,23H,1-4H3/p-1. The van der Waals surface area contributed by atoms with Crippen LogP contribution in [0.2, 0.25) is 10.0 Å². The van der Waals surface area contributed by atoms with Crippen LogP contribution in [-0.2, 0) is 4.79 Å². The Kier molecular flexibility index (Phi) is 5.33. The summed E-state index contributed by atoms with van der Waals surface area (Å²) in [6.45, 7) is 7.94. The van der Waals surface area contributed by atoms with Gasteiger partial charge in [-0.1, -0.05) is 56.6 Å². The number of hydrogen-bond acceptors (Lipinski definition) is 3. The molecular formula is C18H18Cl2NO2-. The summed E-state index contributed by atoms with van der Waals surface area (Å²) in [5, 5.41) is 11.7. The molecule has 1 aliphatic carbocycles. The molecule has 1 aromatic rings. The zero-order chi connectivity index (χ0) is 17.3. The summed E-state index contributed by atoms with van der Waals surface area (Å²) in [4.78, 5) is 16.8. The molecule has 0 bridgehead atoms. The van der Waals surface area contributed by atoms with E-state index in [1.807, 2.05) is 33.8 Å². The van der Waals surface area contributed by atoms with Crippen molar-refractivity contribution in [2.24, 2.45) is 16.8 Å². The summed E-state index contributed by atoms with van der Waals surface area (Å²) in [6.07, 6.45) is 3.46. The van der Waals surface area contributed by atoms with Crippen molar-refractivity contribution in [3.8, 4) is 5.75 Å². The van der Waals surface area contributed by atoms with E-state index in [1.54, 1.807) is 6.08 Å². The Morgan fingerprint density at radius 1 is 0.957 bits per heavy atom. The van der Waals surface area contributed by atoms with Crippen LogP contribution >= 0.6 is 23.2 Å². The van der Waals surface area contributed by atoms with E-state index in [9.17, 15) is 9.90 Å². The largest absolute Gasteiger partial charge is 0.870 e. The van der Waals surface area contributed by atoms with Crippen LogP contribution in [0.1, 0.15) is 27.7 Å². The van der Waals surface area contributed by atoms with Crippen molar-refractivity contribution in [1.29, 1.82) is 0 Å². The van der Waals surface area contributed by atoms with E-state index < -0.39 is 5.75 Å². The molecule has 0 aromatic heterocycles. The van der Waals surface area contributed by atoms with Gasteiger partial charge in [0.25, 0.3) is 0 Å². The minimum Gasteiger partial charge on any atom is -0.870 e. The highest BCUT2D eigenvalue weighted by Gasteiger charge is 2.22. The topological polar surface area (TPSA) is 52.5 Å². The quantitative estimate of drug-likeness (QED) is 0.728. The third kappa shape index (κ3) is 3.85. The van der Waals surface area contributed by atoms with Gasteiger partial charge in [-0.2, -0.15) is 0 Å². The Labute approximate surface area is 146 Å². The lowest BCUT2D eigenvalue weighted by Crippen LogP contribution is -2.19. The maximum atomic E-state index is 12.2. The van der Waals surface area contributed by atoms with Crippen LogP contribution in [-0.4, -0.2) is 11.5 Å². The fourth-order valence-corrected chi connectivity index (χ4v) is 2.84. The Morgan fingerprint density at radius 2 is 1.48 bits per heavy atom. The van der Waals surface area contributed by atoms with Gasteiger partial charge in [0.05, 0.1) is 11.4 Å². The SMILES string of the molecule is CC(C)C1=CC(=Nc2cc(Cl)c([O-])c(Cl)c2)C(C(C)C)=CC1=O. The second-order valence-corrected chi connectivity index (χ2v) is 6.92. The van der Waals surface area contributed by atoms with Gasteiger partial charge in [-0.15, -0.1) is 0 Å². The van der Waals surface area contributed by atoms with E-state index in [1.165, 1.54) is 12.1 Å². The van der Waals surface area contributed by atoms with E-state index in [0.29, 0.717) is 17.0 Å². The first-order valence-corrected chi connectivity index (χ1v) is 8.19. The zero-order valence-electron chi connectivity index (χ0n) is 13.5. The second kappa shape index (κ2) is 6.90. The molecule has 1 aromatic carbocycles. The molecular weight excluding hydrogens is 333 g/mol. The molecule has 0 heterocycles. The molecule has 0 unspecified atom stereocenters. The van der Waals surface area contributed by atoms with Gasteiger partial charge in [-0.25, -0.2) is 4.99 Å². The monoisotopic (exact) mass is 350 g/mol. The minimum atomic E-state index is -0.408. The lowest BCUT2D eigenvalue weighted by molar-refractivity contribution is -0.268. The molecule has 23 heavy (non-hydrogen) atoms. The van der Waals surface area contributed by atoms with Crippen LogP contribution in [0, 0.1) is 11.8 Å². The molecule has 0 amide bonds. The van der Waals surface area contributed by atoms with Gasteiger partial charge in [0.15, 0.2) is 5.78 Å².